The summed E-state index contributed by atoms with van der Waals surface area (Å²) >= 11 is 0. The second-order valence-electron chi connectivity index (χ2n) is 10.3. The number of hydrogen-bond acceptors (Lipinski definition) is 0. The zero-order valence-electron chi connectivity index (χ0n) is 20.3. The van der Waals surface area contributed by atoms with Gasteiger partial charge < -0.3 is 0 Å². The van der Waals surface area contributed by atoms with Crippen LogP contribution in [0.1, 0.15) is 77.6 Å². The van der Waals surface area contributed by atoms with Crippen LogP contribution >= 0.6 is 15.8 Å². The summed E-state index contributed by atoms with van der Waals surface area (Å²) in [6.07, 6.45) is 21.4. The molecule has 33 heavy (non-hydrogen) atoms. The lowest BCUT2D eigenvalue weighted by molar-refractivity contribution is 0.486. The van der Waals surface area contributed by atoms with E-state index in [1.165, 1.54) is 81.2 Å². The van der Waals surface area contributed by atoms with Gasteiger partial charge in [-0.05, 0) is 67.3 Å². The van der Waals surface area contributed by atoms with Gasteiger partial charge in [0, 0.05) is 5.66 Å². The van der Waals surface area contributed by atoms with E-state index in [2.05, 4.69) is 79.7 Å². The fourth-order valence-corrected chi connectivity index (χ4v) is 13.0. The van der Waals surface area contributed by atoms with Crippen molar-refractivity contribution in [2.45, 2.75) is 94.5 Å². The molecule has 2 aromatic carbocycles. The molecule has 3 aliphatic rings. The summed E-state index contributed by atoms with van der Waals surface area (Å²) in [5.41, 5.74) is 4.29. The molecule has 1 atom stereocenters. The van der Waals surface area contributed by atoms with Crippen LogP contribution in [-0.4, -0.2) is 17.0 Å². The molecule has 0 spiro atoms. The Morgan fingerprint density at radius 2 is 1.15 bits per heavy atom. The fourth-order valence-electron chi connectivity index (χ4n) is 6.38. The van der Waals surface area contributed by atoms with Crippen molar-refractivity contribution in [2.75, 3.05) is 0 Å². The summed E-state index contributed by atoms with van der Waals surface area (Å²) in [5, 5.41) is 4.83. The van der Waals surface area contributed by atoms with E-state index < -0.39 is 0 Å². The second kappa shape index (κ2) is 11.5. The van der Waals surface area contributed by atoms with Crippen LogP contribution in [0, 0.1) is 0 Å². The highest BCUT2D eigenvalue weighted by Gasteiger charge is 2.35. The molecule has 3 aliphatic carbocycles. The highest BCUT2D eigenvalue weighted by molar-refractivity contribution is 7.73. The van der Waals surface area contributed by atoms with Crippen molar-refractivity contribution in [3.8, 4) is 0 Å². The smallest absolute Gasteiger partial charge is 0.00589 e. The molecule has 0 N–H and O–H groups in total. The summed E-state index contributed by atoms with van der Waals surface area (Å²) in [7, 11) is -0.370. The molecule has 0 heterocycles. The van der Waals surface area contributed by atoms with Gasteiger partial charge in [-0.25, -0.2) is 0 Å². The van der Waals surface area contributed by atoms with Gasteiger partial charge >= 0.3 is 0 Å². The average Bonchev–Trinajstić information content (AvgIpc) is 3.37. The van der Waals surface area contributed by atoms with Crippen molar-refractivity contribution in [3.05, 3.63) is 83.7 Å². The highest BCUT2D eigenvalue weighted by Crippen LogP contribution is 2.63. The van der Waals surface area contributed by atoms with E-state index in [4.69, 9.17) is 0 Å². The lowest BCUT2D eigenvalue weighted by atomic mass is 9.99. The predicted octanol–water partition coefficient (Wildman–Crippen LogP) is 8.87. The topological polar surface area (TPSA) is 0 Å². The Balaban J connectivity index is 1.42. The number of benzene rings is 2. The molecule has 2 heteroatoms. The van der Waals surface area contributed by atoms with Crippen LogP contribution in [-0.2, 0) is 0 Å². The van der Waals surface area contributed by atoms with E-state index in [0.29, 0.717) is 5.66 Å². The maximum absolute atomic E-state index is 2.72. The minimum atomic E-state index is -0.385. The summed E-state index contributed by atoms with van der Waals surface area (Å²) in [5.74, 6) is 0. The Kier molecular flexibility index (Phi) is 8.18. The zero-order valence-corrected chi connectivity index (χ0v) is 22.1. The van der Waals surface area contributed by atoms with E-state index in [-0.39, 0.29) is 15.8 Å². The van der Waals surface area contributed by atoms with Gasteiger partial charge in [0.2, 0.25) is 0 Å². The molecular formula is C31H40P2. The summed E-state index contributed by atoms with van der Waals surface area (Å²) in [6.45, 7) is 2.51. The quantitative estimate of drug-likeness (QED) is 0.352. The fraction of sp³-hybridized carbons (Fsp3) is 0.484. The van der Waals surface area contributed by atoms with E-state index in [1.807, 2.05) is 0 Å². The van der Waals surface area contributed by atoms with Crippen molar-refractivity contribution >= 4 is 26.5 Å². The van der Waals surface area contributed by atoms with Gasteiger partial charge in [-0.2, -0.15) is 0 Å². The second-order valence-corrected chi connectivity index (χ2v) is 15.6. The Labute approximate surface area is 204 Å². The van der Waals surface area contributed by atoms with Crippen molar-refractivity contribution in [1.82, 2.24) is 0 Å². The number of rotatable bonds is 7. The maximum atomic E-state index is 2.72. The Bertz CT molecular complexity index is 876. The molecule has 0 bridgehead atoms. The standard InChI is InChI=1S/C31H40P2/c1-25(32(27-14-6-2-7-15-27)28-16-8-3-9-17-28)26-22-23-31(24-26)33(29-18-10-4-11-19-29)30-20-12-5-13-21-30/h2-3,6-9,14-17,23-25,29-30H,4-5,10-13,18-22H2,1H3/t25-/m1/s1. The van der Waals surface area contributed by atoms with Gasteiger partial charge in [-0.3, -0.25) is 0 Å². The van der Waals surface area contributed by atoms with E-state index in [1.54, 1.807) is 10.9 Å². The molecule has 2 saturated carbocycles. The molecule has 174 valence electrons. The molecule has 0 radical (unpaired) electrons. The molecule has 0 aliphatic heterocycles. The van der Waals surface area contributed by atoms with E-state index in [9.17, 15) is 0 Å². The summed E-state index contributed by atoms with van der Waals surface area (Å²) < 4.78 is 0. The van der Waals surface area contributed by atoms with Gasteiger partial charge in [0.25, 0.3) is 0 Å². The normalized spacial score (nSPS) is 21.3. The third-order valence-electron chi connectivity index (χ3n) is 8.11. The van der Waals surface area contributed by atoms with Gasteiger partial charge in [0.15, 0.2) is 0 Å². The monoisotopic (exact) mass is 474 g/mol. The first-order valence-corrected chi connectivity index (χ1v) is 16.3. The van der Waals surface area contributed by atoms with Crippen LogP contribution < -0.4 is 10.6 Å². The van der Waals surface area contributed by atoms with Crippen LogP contribution in [0.15, 0.2) is 83.7 Å². The third-order valence-corrected chi connectivity index (χ3v) is 14.4. The van der Waals surface area contributed by atoms with Crippen molar-refractivity contribution in [1.29, 1.82) is 0 Å². The predicted molar refractivity (Wildman–Crippen MR) is 150 cm³/mol. The SMILES string of the molecule is C[C@H](C1=CC(P(C2CCCCC2)C2CCCCC2)=CC1)P(c1ccccc1)c1ccccc1. The van der Waals surface area contributed by atoms with Gasteiger partial charge in [0.1, 0.15) is 0 Å². The maximum Gasteiger partial charge on any atom is 0.00589 e. The molecule has 2 fully saturated rings. The molecule has 0 saturated heterocycles. The molecule has 0 amide bonds. The van der Waals surface area contributed by atoms with E-state index >= 15 is 0 Å². The molecule has 0 unspecified atom stereocenters. The Hall–Kier alpha value is -1.22. The van der Waals surface area contributed by atoms with Crippen molar-refractivity contribution in [3.63, 3.8) is 0 Å². The van der Waals surface area contributed by atoms with Crippen LogP contribution in [0.4, 0.5) is 0 Å². The lowest BCUT2D eigenvalue weighted by Crippen LogP contribution is -2.21. The Morgan fingerprint density at radius 1 is 0.667 bits per heavy atom. The van der Waals surface area contributed by atoms with Gasteiger partial charge in [-0.1, -0.05) is 132 Å². The largest absolute Gasteiger partial charge is 0.0727 e. The summed E-state index contributed by atoms with van der Waals surface area (Å²) in [6, 6.07) is 22.6. The zero-order chi connectivity index (χ0) is 22.5. The van der Waals surface area contributed by atoms with Crippen LogP contribution in [0.5, 0.6) is 0 Å². The highest BCUT2D eigenvalue weighted by atomic mass is 31.1. The summed E-state index contributed by atoms with van der Waals surface area (Å²) in [4.78, 5) is 0. The van der Waals surface area contributed by atoms with Crippen LogP contribution in [0.3, 0.4) is 0 Å². The molecule has 2 aromatic rings. The number of allylic oxidation sites excluding steroid dienone is 4. The first kappa shape index (κ1) is 23.5. The average molecular weight is 475 g/mol. The minimum Gasteiger partial charge on any atom is -0.0727 e. The first-order valence-electron chi connectivity index (χ1n) is 13.4. The molecule has 0 aromatic heterocycles. The van der Waals surface area contributed by atoms with Crippen LogP contribution in [0.2, 0.25) is 0 Å². The third kappa shape index (κ3) is 5.55. The first-order chi connectivity index (χ1) is 16.3. The molecular weight excluding hydrogens is 434 g/mol. The molecule has 0 nitrogen and oxygen atoms in total. The van der Waals surface area contributed by atoms with Crippen molar-refractivity contribution < 1.29 is 0 Å². The van der Waals surface area contributed by atoms with Gasteiger partial charge in [-0.15, -0.1) is 0 Å². The van der Waals surface area contributed by atoms with Crippen molar-refractivity contribution in [2.24, 2.45) is 0 Å². The van der Waals surface area contributed by atoms with Gasteiger partial charge in [0.05, 0.1) is 0 Å². The van der Waals surface area contributed by atoms with E-state index in [0.717, 1.165) is 11.3 Å². The Morgan fingerprint density at radius 3 is 1.64 bits per heavy atom. The lowest BCUT2D eigenvalue weighted by Gasteiger charge is -2.39. The number of hydrogen-bond donors (Lipinski definition) is 0. The minimum absolute atomic E-state index is 0.0146. The molecule has 5 rings (SSSR count). The van der Waals surface area contributed by atoms with Crippen LogP contribution in [0.25, 0.3) is 0 Å².